The zero-order valence-corrected chi connectivity index (χ0v) is 25.3. The smallest absolute Gasteiger partial charge is 0.296 e. The predicted octanol–water partition coefficient (Wildman–Crippen LogP) is 7.13. The molecular formula is C30H23N5O9S2. The highest BCUT2D eigenvalue weighted by atomic mass is 32.2. The quantitative estimate of drug-likeness (QED) is 0.0931. The summed E-state index contributed by atoms with van der Waals surface area (Å²) in [5.41, 5.74) is 0.309. The van der Waals surface area contributed by atoms with Gasteiger partial charge in [-0.15, -0.1) is 15.3 Å². The molecule has 0 saturated carbocycles. The molecule has 0 aliphatic rings. The van der Waals surface area contributed by atoms with Gasteiger partial charge < -0.3 is 15.2 Å². The molecule has 0 saturated heterocycles. The molecule has 0 spiro atoms. The van der Waals surface area contributed by atoms with Crippen LogP contribution in [0.2, 0.25) is 0 Å². The second-order valence-corrected chi connectivity index (χ2v) is 12.3. The van der Waals surface area contributed by atoms with Crippen LogP contribution in [-0.4, -0.2) is 44.1 Å². The van der Waals surface area contributed by atoms with Gasteiger partial charge in [-0.1, -0.05) is 30.3 Å². The van der Waals surface area contributed by atoms with Crippen molar-refractivity contribution in [3.8, 4) is 11.5 Å². The molecule has 46 heavy (non-hydrogen) atoms. The zero-order chi connectivity index (χ0) is 33.1. The Morgan fingerprint density at radius 1 is 0.717 bits per heavy atom. The molecule has 4 N–H and O–H groups in total. The van der Waals surface area contributed by atoms with E-state index in [-0.39, 0.29) is 33.6 Å². The molecule has 14 nitrogen and oxygen atoms in total. The van der Waals surface area contributed by atoms with E-state index in [0.29, 0.717) is 11.3 Å². The van der Waals surface area contributed by atoms with Crippen molar-refractivity contribution in [1.29, 1.82) is 0 Å². The van der Waals surface area contributed by atoms with Crippen LogP contribution in [0, 0.1) is 0 Å². The summed E-state index contributed by atoms with van der Waals surface area (Å²) in [6.45, 7) is 0. The Morgan fingerprint density at radius 3 is 2.09 bits per heavy atom. The van der Waals surface area contributed by atoms with E-state index in [0.717, 1.165) is 6.07 Å². The van der Waals surface area contributed by atoms with Crippen LogP contribution >= 0.6 is 0 Å². The van der Waals surface area contributed by atoms with Crippen molar-refractivity contribution >= 4 is 65.4 Å². The molecule has 0 heterocycles. The lowest BCUT2D eigenvalue weighted by Crippen LogP contribution is -2.11. The van der Waals surface area contributed by atoms with E-state index in [4.69, 9.17) is 4.74 Å². The summed E-state index contributed by atoms with van der Waals surface area (Å²) in [5, 5.41) is 29.8. The largest absolute Gasteiger partial charge is 0.505 e. The van der Waals surface area contributed by atoms with Crippen LogP contribution in [0.25, 0.3) is 10.8 Å². The summed E-state index contributed by atoms with van der Waals surface area (Å²) >= 11 is 0. The van der Waals surface area contributed by atoms with Gasteiger partial charge in [0.2, 0.25) is 0 Å². The number of hydrogen-bond donors (Lipinski definition) is 4. The number of fused-ring (bicyclic) bond motifs is 1. The summed E-state index contributed by atoms with van der Waals surface area (Å²) in [7, 11) is -8.15. The van der Waals surface area contributed by atoms with Gasteiger partial charge in [-0.2, -0.15) is 21.9 Å². The third kappa shape index (κ3) is 7.05. The zero-order valence-electron chi connectivity index (χ0n) is 23.6. The van der Waals surface area contributed by atoms with Gasteiger partial charge in [0.15, 0.2) is 5.75 Å². The Labute approximate surface area is 262 Å². The van der Waals surface area contributed by atoms with E-state index in [1.807, 2.05) is 0 Å². The fourth-order valence-corrected chi connectivity index (χ4v) is 5.58. The van der Waals surface area contributed by atoms with Crippen molar-refractivity contribution in [3.05, 3.63) is 103 Å². The SMILES string of the molecule is COc1cc(N=Nc2ccccc2S(=O)(=O)O)ccc1N=Nc1c(S(=O)(=O)O)cc2cc(NC(=O)c3ccccc3)ccc2c1O. The number of aromatic hydroxyl groups is 1. The number of methoxy groups -OCH3 is 1. The molecule has 16 heteroatoms. The second-order valence-electron chi connectivity index (χ2n) is 9.50. The van der Waals surface area contributed by atoms with Crippen molar-refractivity contribution in [2.45, 2.75) is 9.79 Å². The number of hydrogen-bond acceptors (Lipinski definition) is 11. The number of nitrogens with zero attached hydrogens (tertiary/aromatic N) is 4. The Hall–Kier alpha value is -5.55. The fourth-order valence-electron chi connectivity index (χ4n) is 4.30. The van der Waals surface area contributed by atoms with Gasteiger partial charge in [0.25, 0.3) is 26.1 Å². The molecule has 5 aromatic rings. The maximum atomic E-state index is 12.6. The van der Waals surface area contributed by atoms with Gasteiger partial charge in [-0.25, -0.2) is 0 Å². The topological polar surface area (TPSA) is 217 Å². The molecule has 0 atom stereocenters. The average molecular weight is 662 g/mol. The molecule has 0 radical (unpaired) electrons. The van der Waals surface area contributed by atoms with Gasteiger partial charge in [0.05, 0.1) is 12.8 Å². The van der Waals surface area contributed by atoms with Crippen LogP contribution in [0.3, 0.4) is 0 Å². The normalized spacial score (nSPS) is 12.2. The van der Waals surface area contributed by atoms with Crippen molar-refractivity contribution in [2.75, 3.05) is 12.4 Å². The molecule has 234 valence electrons. The highest BCUT2D eigenvalue weighted by Crippen LogP contribution is 2.43. The van der Waals surface area contributed by atoms with E-state index in [1.165, 1.54) is 67.8 Å². The molecule has 5 aromatic carbocycles. The first kappa shape index (κ1) is 31.9. The van der Waals surface area contributed by atoms with Gasteiger partial charge >= 0.3 is 0 Å². The first-order valence-corrected chi connectivity index (χ1v) is 15.9. The molecule has 0 aliphatic heterocycles. The molecular weight excluding hydrogens is 638 g/mol. The first-order chi connectivity index (χ1) is 21.8. The molecule has 0 bridgehead atoms. The minimum absolute atomic E-state index is 0.0690. The van der Waals surface area contributed by atoms with Gasteiger partial charge in [-0.05, 0) is 66.0 Å². The maximum absolute atomic E-state index is 12.6. The summed E-state index contributed by atoms with van der Waals surface area (Å²) in [6, 6.07) is 23.5. The van der Waals surface area contributed by atoms with Crippen LogP contribution in [-0.2, 0) is 20.2 Å². The lowest BCUT2D eigenvalue weighted by Gasteiger charge is -2.11. The van der Waals surface area contributed by atoms with Crippen molar-refractivity contribution in [2.24, 2.45) is 20.5 Å². The third-order valence-corrected chi connectivity index (χ3v) is 8.23. The molecule has 0 aliphatic carbocycles. The monoisotopic (exact) mass is 661 g/mol. The number of phenols is 1. The van der Waals surface area contributed by atoms with Crippen LogP contribution in [0.5, 0.6) is 11.5 Å². The number of rotatable bonds is 9. The summed E-state index contributed by atoms with van der Waals surface area (Å²) in [6.07, 6.45) is 0. The number of azo groups is 2. The van der Waals surface area contributed by atoms with E-state index < -0.39 is 47.4 Å². The lowest BCUT2D eigenvalue weighted by molar-refractivity contribution is 0.102. The maximum Gasteiger partial charge on any atom is 0.296 e. The number of carbonyl (C=O) groups is 1. The number of phenolic OH excluding ortho intramolecular Hbond substituents is 1. The van der Waals surface area contributed by atoms with Crippen LogP contribution in [0.1, 0.15) is 10.4 Å². The van der Waals surface area contributed by atoms with Crippen molar-refractivity contribution in [1.82, 2.24) is 0 Å². The minimum atomic E-state index is -4.92. The minimum Gasteiger partial charge on any atom is -0.505 e. The Balaban J connectivity index is 1.48. The van der Waals surface area contributed by atoms with E-state index >= 15 is 0 Å². The van der Waals surface area contributed by atoms with E-state index in [2.05, 4.69) is 25.8 Å². The Bertz CT molecular complexity index is 2260. The second kappa shape index (κ2) is 12.8. The average Bonchev–Trinajstić information content (AvgIpc) is 3.03. The molecule has 0 unspecified atom stereocenters. The number of anilines is 1. The van der Waals surface area contributed by atoms with Gasteiger partial charge in [0.1, 0.15) is 32.6 Å². The number of ether oxygens (including phenoxy) is 1. The van der Waals surface area contributed by atoms with Crippen molar-refractivity contribution in [3.63, 3.8) is 0 Å². The van der Waals surface area contributed by atoms with Crippen LogP contribution in [0.4, 0.5) is 28.4 Å². The van der Waals surface area contributed by atoms with E-state index in [1.54, 1.807) is 30.3 Å². The fraction of sp³-hybridized carbons (Fsp3) is 0.0333. The first-order valence-electron chi connectivity index (χ1n) is 13.1. The molecule has 0 aromatic heterocycles. The Kier molecular flexibility index (Phi) is 8.88. The van der Waals surface area contributed by atoms with Crippen molar-refractivity contribution < 1.29 is 40.6 Å². The van der Waals surface area contributed by atoms with Crippen LogP contribution < -0.4 is 10.1 Å². The standard InChI is InChI=1S/C30H23N5O9S2/c1-44-25-17-21(32-34-24-9-5-6-10-26(24)45(38,39)40)12-14-23(25)33-35-28-27(46(41,42)43)16-19-15-20(11-13-22(19)29(28)36)31-30(37)18-7-3-2-4-8-18/h2-17,36H,1H3,(H,31,37)(H,38,39,40)(H,41,42,43). The highest BCUT2D eigenvalue weighted by Gasteiger charge is 2.23. The van der Waals surface area contributed by atoms with Gasteiger partial charge in [0, 0.05) is 22.7 Å². The number of nitrogens with one attached hydrogen (secondary N) is 1. The van der Waals surface area contributed by atoms with Gasteiger partial charge in [-0.3, -0.25) is 13.9 Å². The molecule has 1 amide bonds. The molecule has 0 fully saturated rings. The number of amides is 1. The molecule has 5 rings (SSSR count). The summed E-state index contributed by atoms with van der Waals surface area (Å²) in [4.78, 5) is 11.4. The Morgan fingerprint density at radius 2 is 1.39 bits per heavy atom. The number of carbonyl (C=O) groups excluding carboxylic acids is 1. The summed E-state index contributed by atoms with van der Waals surface area (Å²) in [5.74, 6) is -0.915. The summed E-state index contributed by atoms with van der Waals surface area (Å²) < 4.78 is 72.6. The highest BCUT2D eigenvalue weighted by molar-refractivity contribution is 7.86. The number of benzene rings is 5. The van der Waals surface area contributed by atoms with Crippen LogP contribution in [0.15, 0.2) is 127 Å². The lowest BCUT2D eigenvalue weighted by atomic mass is 10.1. The van der Waals surface area contributed by atoms with E-state index in [9.17, 15) is 35.8 Å². The predicted molar refractivity (Wildman–Crippen MR) is 167 cm³/mol. The third-order valence-electron chi connectivity index (χ3n) is 6.46.